The van der Waals surface area contributed by atoms with Gasteiger partial charge in [0.1, 0.15) is 18.1 Å². The molecule has 2 heterocycles. The molecule has 0 radical (unpaired) electrons. The van der Waals surface area contributed by atoms with Crippen LogP contribution < -0.4 is 14.9 Å². The molecule has 0 aliphatic rings. The van der Waals surface area contributed by atoms with Crippen LogP contribution in [-0.2, 0) is 6.61 Å². The Morgan fingerprint density at radius 3 is 2.44 bits per heavy atom. The van der Waals surface area contributed by atoms with Gasteiger partial charge in [-0.2, -0.15) is 0 Å². The molecule has 0 bridgehead atoms. The quantitative estimate of drug-likeness (QED) is 0.486. The summed E-state index contributed by atoms with van der Waals surface area (Å²) in [5, 5.41) is 1.59. The van der Waals surface area contributed by atoms with Gasteiger partial charge in [-0.3, -0.25) is 4.79 Å². The molecule has 0 aliphatic heterocycles. The number of benzene rings is 2. The SMILES string of the molecule is COc1ccc(OCc2c(C)sc3sc4ccccc4c(=O)c23)cc1. The highest BCUT2D eigenvalue weighted by molar-refractivity contribution is 7.40. The van der Waals surface area contributed by atoms with E-state index in [0.717, 1.165) is 41.4 Å². The minimum Gasteiger partial charge on any atom is -0.497 e. The molecule has 0 amide bonds. The second-order valence-electron chi connectivity index (χ2n) is 5.69. The van der Waals surface area contributed by atoms with Crippen molar-refractivity contribution < 1.29 is 9.47 Å². The van der Waals surface area contributed by atoms with E-state index < -0.39 is 0 Å². The largest absolute Gasteiger partial charge is 0.497 e. The van der Waals surface area contributed by atoms with Gasteiger partial charge in [-0.05, 0) is 43.3 Å². The van der Waals surface area contributed by atoms with Gasteiger partial charge in [0.2, 0.25) is 0 Å². The zero-order chi connectivity index (χ0) is 17.4. The molecule has 0 fully saturated rings. The molecule has 0 N–H and O–H groups in total. The van der Waals surface area contributed by atoms with Gasteiger partial charge in [0, 0.05) is 20.5 Å². The highest BCUT2D eigenvalue weighted by Crippen LogP contribution is 2.35. The van der Waals surface area contributed by atoms with Crippen molar-refractivity contribution in [3.05, 3.63) is 69.2 Å². The van der Waals surface area contributed by atoms with Gasteiger partial charge in [0.15, 0.2) is 5.43 Å². The fourth-order valence-electron chi connectivity index (χ4n) is 2.83. The third-order valence-corrected chi connectivity index (χ3v) is 6.59. The first kappa shape index (κ1) is 16.1. The van der Waals surface area contributed by atoms with E-state index >= 15 is 0 Å². The van der Waals surface area contributed by atoms with Crippen LogP contribution >= 0.6 is 22.7 Å². The predicted molar refractivity (Wildman–Crippen MR) is 106 cm³/mol. The Bertz CT molecular complexity index is 1110. The van der Waals surface area contributed by atoms with Crippen LogP contribution in [0.4, 0.5) is 0 Å². The van der Waals surface area contributed by atoms with Crippen LogP contribution in [0.3, 0.4) is 0 Å². The first-order valence-electron chi connectivity index (χ1n) is 7.88. The third-order valence-electron chi connectivity index (χ3n) is 4.18. The molecule has 5 heteroatoms. The third kappa shape index (κ3) is 2.90. The van der Waals surface area contributed by atoms with E-state index in [2.05, 4.69) is 0 Å². The van der Waals surface area contributed by atoms with E-state index in [0.29, 0.717) is 6.61 Å². The summed E-state index contributed by atoms with van der Waals surface area (Å²) in [7, 11) is 1.64. The lowest BCUT2D eigenvalue weighted by molar-refractivity contribution is 0.306. The molecular formula is C20H16O3S2. The number of hydrogen-bond donors (Lipinski definition) is 0. The number of fused-ring (bicyclic) bond motifs is 2. The topological polar surface area (TPSA) is 35.5 Å². The van der Waals surface area contributed by atoms with Crippen LogP contribution in [0.2, 0.25) is 0 Å². The Balaban J connectivity index is 1.74. The molecule has 0 aliphatic carbocycles. The van der Waals surface area contributed by atoms with E-state index in [1.807, 2.05) is 55.5 Å². The van der Waals surface area contributed by atoms with E-state index in [-0.39, 0.29) is 5.43 Å². The van der Waals surface area contributed by atoms with Crippen molar-refractivity contribution >= 4 is 42.2 Å². The molecule has 2 aromatic heterocycles. The second kappa shape index (κ2) is 6.50. The van der Waals surface area contributed by atoms with Gasteiger partial charge in [-0.15, -0.1) is 22.7 Å². The summed E-state index contributed by atoms with van der Waals surface area (Å²) in [6.45, 7) is 2.44. The Kier molecular flexibility index (Phi) is 4.19. The van der Waals surface area contributed by atoms with Crippen molar-refractivity contribution in [3.63, 3.8) is 0 Å². The maximum Gasteiger partial charge on any atom is 0.197 e. The Labute approximate surface area is 153 Å². The fraction of sp³-hybridized carbons (Fsp3) is 0.150. The van der Waals surface area contributed by atoms with E-state index in [1.165, 1.54) is 0 Å². The Morgan fingerprint density at radius 2 is 1.68 bits per heavy atom. The zero-order valence-corrected chi connectivity index (χ0v) is 15.5. The monoisotopic (exact) mass is 368 g/mol. The van der Waals surface area contributed by atoms with Crippen LogP contribution in [0.1, 0.15) is 10.4 Å². The van der Waals surface area contributed by atoms with Crippen LogP contribution in [0.5, 0.6) is 11.5 Å². The first-order valence-corrected chi connectivity index (χ1v) is 9.51. The number of hydrogen-bond acceptors (Lipinski definition) is 5. The van der Waals surface area contributed by atoms with Gasteiger partial charge >= 0.3 is 0 Å². The minimum absolute atomic E-state index is 0.0991. The summed E-state index contributed by atoms with van der Waals surface area (Å²) in [6.07, 6.45) is 0. The Morgan fingerprint density at radius 1 is 0.960 bits per heavy atom. The summed E-state index contributed by atoms with van der Waals surface area (Å²) in [5.41, 5.74) is 1.09. The molecule has 4 rings (SSSR count). The Hall–Kier alpha value is -2.37. The number of ether oxygens (including phenoxy) is 2. The summed E-state index contributed by atoms with van der Waals surface area (Å²) < 4.78 is 13.2. The second-order valence-corrected chi connectivity index (χ2v) is 8.23. The highest BCUT2D eigenvalue weighted by atomic mass is 32.2. The van der Waals surface area contributed by atoms with Crippen molar-refractivity contribution in [1.29, 1.82) is 0 Å². The average molecular weight is 368 g/mol. The summed E-state index contributed by atoms with van der Waals surface area (Å²) >= 11 is 3.34. The molecule has 0 unspecified atom stereocenters. The minimum atomic E-state index is 0.0991. The molecule has 2 aromatic carbocycles. The maximum absolute atomic E-state index is 13.0. The molecule has 3 nitrogen and oxygen atoms in total. The smallest absolute Gasteiger partial charge is 0.197 e. The van der Waals surface area contributed by atoms with Crippen LogP contribution in [0.25, 0.3) is 19.5 Å². The molecular weight excluding hydrogens is 352 g/mol. The molecule has 0 spiro atoms. The van der Waals surface area contributed by atoms with Crippen molar-refractivity contribution in [3.8, 4) is 11.5 Å². The van der Waals surface area contributed by atoms with Crippen molar-refractivity contribution in [1.82, 2.24) is 0 Å². The van der Waals surface area contributed by atoms with Crippen LogP contribution in [-0.4, -0.2) is 7.11 Å². The number of thiophene rings is 1. The molecule has 126 valence electrons. The van der Waals surface area contributed by atoms with Gasteiger partial charge in [-0.25, -0.2) is 0 Å². The number of rotatable bonds is 4. The van der Waals surface area contributed by atoms with Crippen LogP contribution in [0.15, 0.2) is 53.3 Å². The highest BCUT2D eigenvalue weighted by Gasteiger charge is 2.16. The summed E-state index contributed by atoms with van der Waals surface area (Å²) in [4.78, 5) is 14.1. The zero-order valence-electron chi connectivity index (χ0n) is 13.9. The van der Waals surface area contributed by atoms with E-state index in [1.54, 1.807) is 29.8 Å². The van der Waals surface area contributed by atoms with Gasteiger partial charge in [-0.1, -0.05) is 12.1 Å². The summed E-state index contributed by atoms with van der Waals surface area (Å²) in [5.74, 6) is 1.55. The molecule has 0 atom stereocenters. The van der Waals surface area contributed by atoms with Crippen LogP contribution in [0, 0.1) is 6.92 Å². The lowest BCUT2D eigenvalue weighted by Crippen LogP contribution is -2.04. The standard InChI is InChI=1S/C20H16O3S2/c1-12-16(11-23-14-9-7-13(22-2)8-10-14)18-19(21)15-5-3-4-6-17(15)25-20(18)24-12/h3-10H,11H2,1-2H3. The van der Waals surface area contributed by atoms with Gasteiger partial charge < -0.3 is 9.47 Å². The molecule has 25 heavy (non-hydrogen) atoms. The van der Waals surface area contributed by atoms with Gasteiger partial charge in [0.05, 0.1) is 16.5 Å². The first-order chi connectivity index (χ1) is 12.2. The number of methoxy groups -OCH3 is 1. The molecule has 4 aromatic rings. The molecule has 0 saturated carbocycles. The average Bonchev–Trinajstić information content (AvgIpc) is 2.96. The molecule has 0 saturated heterocycles. The van der Waals surface area contributed by atoms with Crippen molar-refractivity contribution in [2.75, 3.05) is 7.11 Å². The van der Waals surface area contributed by atoms with E-state index in [4.69, 9.17) is 9.47 Å². The van der Waals surface area contributed by atoms with Gasteiger partial charge in [0.25, 0.3) is 0 Å². The van der Waals surface area contributed by atoms with Crippen molar-refractivity contribution in [2.45, 2.75) is 13.5 Å². The fourth-order valence-corrected chi connectivity index (χ4v) is 5.46. The van der Waals surface area contributed by atoms with Crippen molar-refractivity contribution in [2.24, 2.45) is 0 Å². The lowest BCUT2D eigenvalue weighted by Gasteiger charge is -2.07. The maximum atomic E-state index is 13.0. The summed E-state index contributed by atoms with van der Waals surface area (Å²) in [6, 6.07) is 15.3. The number of aryl methyl sites for hydroxylation is 1. The van der Waals surface area contributed by atoms with E-state index in [9.17, 15) is 4.79 Å². The predicted octanol–water partition coefficient (Wildman–Crippen LogP) is 5.37. The normalized spacial score (nSPS) is 11.1. The lowest BCUT2D eigenvalue weighted by atomic mass is 10.1.